The fourth-order valence-corrected chi connectivity index (χ4v) is 2.43. The van der Waals surface area contributed by atoms with E-state index in [4.69, 9.17) is 10.5 Å². The third kappa shape index (κ3) is 5.00. The first-order chi connectivity index (χ1) is 8.93. The van der Waals surface area contributed by atoms with Gasteiger partial charge in [-0.25, -0.2) is 4.79 Å². The number of esters is 1. The SMILES string of the molecule is CCOC(=O)c1cc(C)sc1NC(=O)CCC(C)N. The van der Waals surface area contributed by atoms with Crippen LogP contribution in [0.15, 0.2) is 6.07 Å². The van der Waals surface area contributed by atoms with Crippen molar-refractivity contribution in [1.29, 1.82) is 0 Å². The summed E-state index contributed by atoms with van der Waals surface area (Å²) < 4.78 is 4.96. The Labute approximate surface area is 117 Å². The molecule has 0 spiro atoms. The van der Waals surface area contributed by atoms with Crippen LogP contribution in [0.2, 0.25) is 0 Å². The van der Waals surface area contributed by atoms with Crippen molar-refractivity contribution in [3.05, 3.63) is 16.5 Å². The van der Waals surface area contributed by atoms with Crippen LogP contribution in [-0.2, 0) is 9.53 Å². The third-order valence-electron chi connectivity index (χ3n) is 2.43. The molecule has 3 N–H and O–H groups in total. The topological polar surface area (TPSA) is 81.4 Å². The van der Waals surface area contributed by atoms with E-state index >= 15 is 0 Å². The normalized spacial score (nSPS) is 12.0. The Morgan fingerprint density at radius 1 is 1.53 bits per heavy atom. The summed E-state index contributed by atoms with van der Waals surface area (Å²) in [5.41, 5.74) is 6.02. The van der Waals surface area contributed by atoms with Crippen LogP contribution in [0.5, 0.6) is 0 Å². The lowest BCUT2D eigenvalue weighted by molar-refractivity contribution is -0.116. The van der Waals surface area contributed by atoms with E-state index in [-0.39, 0.29) is 11.9 Å². The van der Waals surface area contributed by atoms with E-state index < -0.39 is 5.97 Å². The number of anilines is 1. The molecule has 19 heavy (non-hydrogen) atoms. The van der Waals surface area contributed by atoms with E-state index in [1.807, 2.05) is 13.8 Å². The second-order valence-electron chi connectivity index (χ2n) is 4.38. The monoisotopic (exact) mass is 284 g/mol. The maximum atomic E-state index is 11.7. The smallest absolute Gasteiger partial charge is 0.341 e. The maximum absolute atomic E-state index is 11.7. The van der Waals surface area contributed by atoms with Crippen LogP contribution in [-0.4, -0.2) is 24.5 Å². The van der Waals surface area contributed by atoms with Crippen molar-refractivity contribution < 1.29 is 14.3 Å². The summed E-state index contributed by atoms with van der Waals surface area (Å²) in [5, 5.41) is 3.30. The number of ether oxygens (including phenoxy) is 1. The van der Waals surface area contributed by atoms with E-state index in [2.05, 4.69) is 5.32 Å². The quantitative estimate of drug-likeness (QED) is 0.785. The van der Waals surface area contributed by atoms with Gasteiger partial charge in [-0.3, -0.25) is 4.79 Å². The molecule has 0 aliphatic rings. The van der Waals surface area contributed by atoms with Gasteiger partial charge in [-0.05, 0) is 33.3 Å². The highest BCUT2D eigenvalue weighted by atomic mass is 32.1. The number of nitrogens with two attached hydrogens (primary N) is 1. The van der Waals surface area contributed by atoms with Crippen molar-refractivity contribution in [2.45, 2.75) is 39.7 Å². The molecule has 106 valence electrons. The summed E-state index contributed by atoms with van der Waals surface area (Å²) >= 11 is 1.37. The van der Waals surface area contributed by atoms with Crippen LogP contribution in [0.4, 0.5) is 5.00 Å². The van der Waals surface area contributed by atoms with Crippen molar-refractivity contribution >= 4 is 28.2 Å². The molecule has 1 aromatic rings. The standard InChI is InChI=1S/C13H20N2O3S/c1-4-18-13(17)10-7-9(3)19-12(10)15-11(16)6-5-8(2)14/h7-8H,4-6,14H2,1-3H3,(H,15,16). The summed E-state index contributed by atoms with van der Waals surface area (Å²) in [6.45, 7) is 5.79. The van der Waals surface area contributed by atoms with Gasteiger partial charge in [0.2, 0.25) is 5.91 Å². The number of amides is 1. The predicted molar refractivity (Wildman–Crippen MR) is 76.5 cm³/mol. The Balaban J connectivity index is 2.72. The fraction of sp³-hybridized carbons (Fsp3) is 0.538. The second-order valence-corrected chi connectivity index (χ2v) is 5.64. The van der Waals surface area contributed by atoms with Gasteiger partial charge in [0, 0.05) is 17.3 Å². The van der Waals surface area contributed by atoms with Gasteiger partial charge < -0.3 is 15.8 Å². The lowest BCUT2D eigenvalue weighted by atomic mass is 10.2. The molecule has 0 saturated carbocycles. The molecular formula is C13H20N2O3S. The molecule has 1 unspecified atom stereocenters. The van der Waals surface area contributed by atoms with Crippen LogP contribution in [0, 0.1) is 6.92 Å². The summed E-state index contributed by atoms with van der Waals surface area (Å²) in [6, 6.07) is 1.71. The zero-order chi connectivity index (χ0) is 14.4. The number of carbonyl (C=O) groups excluding carboxylic acids is 2. The molecule has 5 nitrogen and oxygen atoms in total. The van der Waals surface area contributed by atoms with Gasteiger partial charge in [0.05, 0.1) is 12.2 Å². The molecule has 0 saturated heterocycles. The van der Waals surface area contributed by atoms with Crippen LogP contribution in [0.1, 0.15) is 41.9 Å². The van der Waals surface area contributed by atoms with Gasteiger partial charge in [-0.1, -0.05) is 0 Å². The molecule has 0 radical (unpaired) electrons. The highest BCUT2D eigenvalue weighted by Crippen LogP contribution is 2.28. The molecule has 1 atom stereocenters. The highest BCUT2D eigenvalue weighted by Gasteiger charge is 2.17. The Hall–Kier alpha value is -1.40. The maximum Gasteiger partial charge on any atom is 0.341 e. The van der Waals surface area contributed by atoms with Gasteiger partial charge in [0.25, 0.3) is 0 Å². The van der Waals surface area contributed by atoms with Gasteiger partial charge in [-0.2, -0.15) is 0 Å². The van der Waals surface area contributed by atoms with E-state index in [0.29, 0.717) is 30.0 Å². The number of nitrogens with one attached hydrogen (secondary N) is 1. The molecule has 1 heterocycles. The van der Waals surface area contributed by atoms with Crippen molar-refractivity contribution in [1.82, 2.24) is 0 Å². The van der Waals surface area contributed by atoms with Crippen LogP contribution < -0.4 is 11.1 Å². The first kappa shape index (κ1) is 15.7. The van der Waals surface area contributed by atoms with E-state index in [9.17, 15) is 9.59 Å². The van der Waals surface area contributed by atoms with Gasteiger partial charge in [-0.15, -0.1) is 11.3 Å². The number of aryl methyl sites for hydroxylation is 1. The molecular weight excluding hydrogens is 264 g/mol. The average Bonchev–Trinajstić information content (AvgIpc) is 2.68. The molecule has 0 aromatic carbocycles. The second kappa shape index (κ2) is 7.25. The molecule has 0 aliphatic carbocycles. The van der Waals surface area contributed by atoms with Crippen LogP contribution in [0.25, 0.3) is 0 Å². The average molecular weight is 284 g/mol. The Morgan fingerprint density at radius 2 is 2.21 bits per heavy atom. The summed E-state index contributed by atoms with van der Waals surface area (Å²) in [4.78, 5) is 24.4. The summed E-state index contributed by atoms with van der Waals surface area (Å²) in [7, 11) is 0. The van der Waals surface area contributed by atoms with Gasteiger partial charge in [0.1, 0.15) is 5.00 Å². The Bertz CT molecular complexity index is 455. The minimum atomic E-state index is -0.408. The molecule has 1 amide bonds. The Kier molecular flexibility index (Phi) is 5.98. The third-order valence-corrected chi connectivity index (χ3v) is 3.40. The van der Waals surface area contributed by atoms with Gasteiger partial charge >= 0.3 is 5.97 Å². The number of hydrogen-bond acceptors (Lipinski definition) is 5. The predicted octanol–water partition coefficient (Wildman–Crippen LogP) is 2.30. The van der Waals surface area contributed by atoms with Crippen LogP contribution >= 0.6 is 11.3 Å². The molecule has 1 rings (SSSR count). The first-order valence-electron chi connectivity index (χ1n) is 6.27. The minimum Gasteiger partial charge on any atom is -0.462 e. The number of carbonyl (C=O) groups is 2. The summed E-state index contributed by atoms with van der Waals surface area (Å²) in [6.07, 6.45) is 0.960. The van der Waals surface area contributed by atoms with Gasteiger partial charge in [0.15, 0.2) is 0 Å². The van der Waals surface area contributed by atoms with E-state index in [0.717, 1.165) is 4.88 Å². The summed E-state index contributed by atoms with van der Waals surface area (Å²) in [5.74, 6) is -0.543. The highest BCUT2D eigenvalue weighted by molar-refractivity contribution is 7.16. The van der Waals surface area contributed by atoms with Crippen molar-refractivity contribution in [3.8, 4) is 0 Å². The Morgan fingerprint density at radius 3 is 2.79 bits per heavy atom. The molecule has 0 bridgehead atoms. The number of rotatable bonds is 6. The first-order valence-corrected chi connectivity index (χ1v) is 7.08. The molecule has 1 aromatic heterocycles. The van der Waals surface area contributed by atoms with Crippen LogP contribution in [0.3, 0.4) is 0 Å². The molecule has 6 heteroatoms. The number of thiophene rings is 1. The molecule has 0 aliphatic heterocycles. The zero-order valence-electron chi connectivity index (χ0n) is 11.5. The lowest BCUT2D eigenvalue weighted by Crippen LogP contribution is -2.20. The van der Waals surface area contributed by atoms with E-state index in [1.54, 1.807) is 13.0 Å². The van der Waals surface area contributed by atoms with E-state index in [1.165, 1.54) is 11.3 Å². The lowest BCUT2D eigenvalue weighted by Gasteiger charge is -2.07. The largest absolute Gasteiger partial charge is 0.462 e. The van der Waals surface area contributed by atoms with Crippen molar-refractivity contribution in [2.75, 3.05) is 11.9 Å². The zero-order valence-corrected chi connectivity index (χ0v) is 12.3. The fourth-order valence-electron chi connectivity index (χ4n) is 1.52. The molecule has 0 fully saturated rings. The van der Waals surface area contributed by atoms with Crippen molar-refractivity contribution in [3.63, 3.8) is 0 Å². The number of hydrogen-bond donors (Lipinski definition) is 2. The minimum absolute atomic E-state index is 0.0136. The van der Waals surface area contributed by atoms with Crippen molar-refractivity contribution in [2.24, 2.45) is 5.73 Å².